The standard InChI is InChI=1S/C34H57N12O5P/c35-29(33(48)39-24-52(49,50)51)12-13-31(47)45-20-14-26(15-21-45)40-32-28-10-4-5-11-30(28)41-34(42-32)38-22-27-23-46(44-43-27)19-7-17-36-16-6-18-37-25-8-2-1-3-9-25/h10-11,23,25-26,29,36-37H,1-9,12-22,24,35H2,(H,39,48)(H2,49,50,51)(H2,38,40,41,42)/t29-/m0/s1. The normalized spacial score (nSPS) is 17.5. The first-order valence-electron chi connectivity index (χ1n) is 18.9. The van der Waals surface area contributed by atoms with Gasteiger partial charge in [-0.05, 0) is 77.4 Å². The monoisotopic (exact) mass is 744 g/mol. The molecule has 2 aromatic heterocycles. The molecule has 9 N–H and O–H groups in total. The van der Waals surface area contributed by atoms with Crippen LogP contribution in [0.15, 0.2) is 6.20 Å². The summed E-state index contributed by atoms with van der Waals surface area (Å²) >= 11 is 0. The number of rotatable bonds is 20. The molecule has 288 valence electrons. The molecule has 0 spiro atoms. The van der Waals surface area contributed by atoms with Gasteiger partial charge in [0.15, 0.2) is 0 Å². The molecule has 2 aliphatic carbocycles. The highest BCUT2D eigenvalue weighted by Gasteiger charge is 2.25. The highest BCUT2D eigenvalue weighted by molar-refractivity contribution is 7.51. The lowest BCUT2D eigenvalue weighted by atomic mass is 9.95. The average molecular weight is 745 g/mol. The molecular weight excluding hydrogens is 687 g/mol. The van der Waals surface area contributed by atoms with E-state index in [1.165, 1.54) is 32.1 Å². The maximum Gasteiger partial charge on any atom is 0.344 e. The van der Waals surface area contributed by atoms with Crippen molar-refractivity contribution in [1.29, 1.82) is 0 Å². The van der Waals surface area contributed by atoms with Gasteiger partial charge in [0, 0.05) is 43.4 Å². The summed E-state index contributed by atoms with van der Waals surface area (Å²) in [6.45, 7) is 5.39. The van der Waals surface area contributed by atoms with E-state index in [2.05, 4.69) is 49.0 Å². The summed E-state index contributed by atoms with van der Waals surface area (Å²) in [7, 11) is -4.38. The van der Waals surface area contributed by atoms with Crippen LogP contribution in [0.25, 0.3) is 12.2 Å². The van der Waals surface area contributed by atoms with E-state index >= 15 is 0 Å². The number of nitrogens with one attached hydrogen (secondary N) is 5. The molecular formula is C34H57N12O5P. The largest absolute Gasteiger partial charge is 0.367 e. The minimum Gasteiger partial charge on any atom is -0.367 e. The number of likely N-dealkylation sites (tertiary alicyclic amines) is 1. The summed E-state index contributed by atoms with van der Waals surface area (Å²) in [5, 5.41) is 26.8. The summed E-state index contributed by atoms with van der Waals surface area (Å²) in [5.74, 6) is 0.482. The van der Waals surface area contributed by atoms with Crippen molar-refractivity contribution in [1.82, 2.24) is 45.8 Å². The van der Waals surface area contributed by atoms with E-state index in [-0.39, 0.29) is 24.8 Å². The molecule has 1 atom stereocenters. The fourth-order valence-corrected chi connectivity index (χ4v) is 7.20. The number of fused-ring (bicyclic) bond motifs is 1. The van der Waals surface area contributed by atoms with Crippen LogP contribution in [-0.4, -0.2) is 109 Å². The highest BCUT2D eigenvalue weighted by atomic mass is 31.2. The Bertz CT molecular complexity index is 1620. The smallest absolute Gasteiger partial charge is 0.344 e. The lowest BCUT2D eigenvalue weighted by Crippen LogP contribution is -2.45. The molecule has 1 saturated carbocycles. The number of aryl methyl sites for hydroxylation is 1. The van der Waals surface area contributed by atoms with Crippen molar-refractivity contribution >= 4 is 43.3 Å². The number of aromatic nitrogens is 5. The van der Waals surface area contributed by atoms with Crippen molar-refractivity contribution in [2.75, 3.05) is 49.6 Å². The van der Waals surface area contributed by atoms with Gasteiger partial charge in [-0.15, -0.1) is 5.10 Å². The lowest BCUT2D eigenvalue weighted by Gasteiger charge is -2.33. The number of anilines is 2. The molecule has 17 nitrogen and oxygen atoms in total. The molecule has 0 aromatic carbocycles. The van der Waals surface area contributed by atoms with Crippen LogP contribution in [0.1, 0.15) is 89.2 Å². The number of nitrogens with two attached hydrogens (primary N) is 1. The average Bonchev–Trinajstić information content (AvgIpc) is 3.61. The molecule has 0 bridgehead atoms. The van der Waals surface area contributed by atoms with Crippen molar-refractivity contribution in [2.45, 2.75) is 115 Å². The third kappa shape index (κ3) is 13.2. The molecule has 1 aliphatic heterocycles. The molecule has 2 fully saturated rings. The number of hydrogen-bond acceptors (Lipinski definition) is 12. The minimum absolute atomic E-state index is 0.0746. The van der Waals surface area contributed by atoms with Crippen LogP contribution < -0.4 is 42.9 Å². The third-order valence-electron chi connectivity index (χ3n) is 9.80. The van der Waals surface area contributed by atoms with E-state index in [0.29, 0.717) is 25.6 Å². The summed E-state index contributed by atoms with van der Waals surface area (Å²) in [6.07, 6.45) is 17.8. The van der Waals surface area contributed by atoms with Crippen molar-refractivity contribution in [3.05, 3.63) is 22.5 Å². The summed E-state index contributed by atoms with van der Waals surface area (Å²) in [6, 6.07) is -0.195. The zero-order valence-electron chi connectivity index (χ0n) is 30.1. The predicted molar refractivity (Wildman–Crippen MR) is 199 cm³/mol. The number of amides is 2. The van der Waals surface area contributed by atoms with Crippen molar-refractivity contribution < 1.29 is 23.9 Å². The molecule has 52 heavy (non-hydrogen) atoms. The topological polar surface area (TPSA) is 238 Å². The van der Waals surface area contributed by atoms with E-state index in [1.807, 2.05) is 10.9 Å². The lowest BCUT2D eigenvalue weighted by molar-refractivity contribution is -0.132. The molecule has 0 radical (unpaired) electrons. The third-order valence-corrected chi connectivity index (χ3v) is 10.4. The highest BCUT2D eigenvalue weighted by Crippen LogP contribution is 2.32. The van der Waals surface area contributed by atoms with Gasteiger partial charge in [0.05, 0.1) is 24.1 Å². The van der Waals surface area contributed by atoms with Crippen LogP contribution in [0.4, 0.5) is 11.8 Å². The van der Waals surface area contributed by atoms with E-state index in [9.17, 15) is 14.2 Å². The van der Waals surface area contributed by atoms with Gasteiger partial charge in [0.1, 0.15) is 17.8 Å². The van der Waals surface area contributed by atoms with Crippen molar-refractivity contribution in [3.63, 3.8) is 0 Å². The van der Waals surface area contributed by atoms with Gasteiger partial charge >= 0.3 is 7.60 Å². The molecule has 18 heteroatoms. The fraction of sp³-hybridized carbons (Fsp3) is 0.706. The number of piperidine rings is 1. The Morgan fingerprint density at radius 2 is 1.75 bits per heavy atom. The molecule has 0 unspecified atom stereocenters. The summed E-state index contributed by atoms with van der Waals surface area (Å²) in [4.78, 5) is 54.1. The second-order valence-corrected chi connectivity index (χ2v) is 15.7. The van der Waals surface area contributed by atoms with Crippen molar-refractivity contribution in [3.8, 4) is 0 Å². The fourth-order valence-electron chi connectivity index (χ4n) is 6.84. The Hall–Kier alpha value is -3.47. The van der Waals surface area contributed by atoms with E-state index in [4.69, 9.17) is 25.5 Å². The van der Waals surface area contributed by atoms with Crippen LogP contribution >= 0.6 is 7.60 Å². The number of carbonyl (C=O) groups excluding carboxylic acids is 2. The van der Waals surface area contributed by atoms with Crippen molar-refractivity contribution in [2.24, 2.45) is 5.73 Å². The Kier molecular flexibility index (Phi) is 15.4. The number of nitrogens with zero attached hydrogens (tertiary/aromatic N) is 6. The van der Waals surface area contributed by atoms with Gasteiger partial charge in [0.2, 0.25) is 17.8 Å². The van der Waals surface area contributed by atoms with Gasteiger partial charge in [-0.2, -0.15) is 4.98 Å². The van der Waals surface area contributed by atoms with Crippen LogP contribution in [0.2, 0.25) is 0 Å². The van der Waals surface area contributed by atoms with Crippen LogP contribution in [0.5, 0.6) is 0 Å². The Morgan fingerprint density at radius 1 is 0.981 bits per heavy atom. The zero-order chi connectivity index (χ0) is 36.8. The maximum absolute atomic E-state index is 12.8. The van der Waals surface area contributed by atoms with E-state index in [0.717, 1.165) is 92.8 Å². The first-order valence-corrected chi connectivity index (χ1v) is 20.7. The Morgan fingerprint density at radius 3 is 2.54 bits per heavy atom. The Labute approximate surface area is 305 Å². The molecule has 1 saturated heterocycles. The number of carbonyl (C=O) groups is 2. The van der Waals surface area contributed by atoms with Gasteiger partial charge in [0.25, 0.3) is 0 Å². The summed E-state index contributed by atoms with van der Waals surface area (Å²) < 4.78 is 12.9. The molecule has 2 amide bonds. The maximum atomic E-state index is 12.8. The molecule has 5 rings (SSSR count). The SMILES string of the molecule is N[C@@H](CCC(=O)N1CCC(Nc2nc(NCc3cn(CCCNCCCNC4CCCCC4)nn3)nc3c2=CCCC=3)CC1)C(=O)NCP(=O)(O)O. The summed E-state index contributed by atoms with van der Waals surface area (Å²) in [5.41, 5.74) is 6.64. The van der Waals surface area contributed by atoms with Gasteiger partial charge in [-0.25, -0.2) is 4.98 Å². The molecule has 2 aromatic rings. The first kappa shape index (κ1) is 39.7. The second-order valence-electron chi connectivity index (χ2n) is 14.1. The van der Waals surface area contributed by atoms with Gasteiger partial charge in [-0.1, -0.05) is 36.6 Å². The first-order chi connectivity index (χ1) is 25.1. The van der Waals surface area contributed by atoms with Crippen LogP contribution in [0.3, 0.4) is 0 Å². The number of hydrogen-bond donors (Lipinski definition) is 8. The molecule has 3 aliphatic rings. The van der Waals surface area contributed by atoms with E-state index < -0.39 is 25.8 Å². The van der Waals surface area contributed by atoms with E-state index in [1.54, 1.807) is 4.90 Å². The van der Waals surface area contributed by atoms with Crippen LogP contribution in [0, 0.1) is 0 Å². The quantitative estimate of drug-likeness (QED) is 0.0663. The van der Waals surface area contributed by atoms with Gasteiger partial charge in [-0.3, -0.25) is 18.8 Å². The second kappa shape index (κ2) is 20.1. The predicted octanol–water partition coefficient (Wildman–Crippen LogP) is 0.0889. The Balaban J connectivity index is 1.02. The molecule has 3 heterocycles. The van der Waals surface area contributed by atoms with Crippen LogP contribution in [-0.2, 0) is 27.2 Å². The van der Waals surface area contributed by atoms with Gasteiger partial charge < -0.3 is 47.0 Å². The minimum atomic E-state index is -4.38. The zero-order valence-corrected chi connectivity index (χ0v) is 31.0.